The lowest BCUT2D eigenvalue weighted by molar-refractivity contribution is -0.133. The lowest BCUT2D eigenvalue weighted by Gasteiger charge is -2.37. The lowest BCUT2D eigenvalue weighted by atomic mass is 9.80. The van der Waals surface area contributed by atoms with E-state index < -0.39 is 0 Å². The minimum atomic E-state index is -0.199. The van der Waals surface area contributed by atoms with Gasteiger partial charge in [0.1, 0.15) is 0 Å². The smallest absolute Gasteiger partial charge is 0.236 e. The number of carbonyl (C=O) groups is 1. The summed E-state index contributed by atoms with van der Waals surface area (Å²) in [4.78, 5) is 16.5. The molecule has 22 heavy (non-hydrogen) atoms. The molecule has 0 bridgehead atoms. The van der Waals surface area contributed by atoms with Crippen molar-refractivity contribution in [3.8, 4) is 6.07 Å². The minimum Gasteiger partial charge on any atom is -0.393 e. The van der Waals surface area contributed by atoms with E-state index in [1.54, 1.807) is 4.90 Å². The van der Waals surface area contributed by atoms with E-state index in [1.807, 2.05) is 6.92 Å². The molecule has 1 heterocycles. The first-order valence-corrected chi connectivity index (χ1v) is 8.74. The molecule has 1 saturated heterocycles. The molecule has 2 fully saturated rings. The molecule has 5 heteroatoms. The van der Waals surface area contributed by atoms with E-state index in [1.165, 1.54) is 6.42 Å². The quantitative estimate of drug-likeness (QED) is 0.812. The van der Waals surface area contributed by atoms with Gasteiger partial charge in [-0.1, -0.05) is 12.8 Å². The summed E-state index contributed by atoms with van der Waals surface area (Å²) in [5.74, 6) is 0.452. The molecule has 3 atom stereocenters. The normalized spacial score (nSPS) is 29.2. The Morgan fingerprint density at radius 2 is 2.09 bits per heavy atom. The maximum Gasteiger partial charge on any atom is 0.236 e. The zero-order valence-corrected chi connectivity index (χ0v) is 13.7. The molecule has 124 valence electrons. The standard InChI is InChI=1S/C17H29N3O2/c1-2-19(12-6-10-18)17(22)13-20-11-5-8-15(20)14-7-3-4-9-16(14)21/h14-16,21H,2-9,11-13H2,1H3/t14-,15+,16+/m0/s1. The highest BCUT2D eigenvalue weighted by Crippen LogP contribution is 2.34. The molecule has 5 nitrogen and oxygen atoms in total. The Bertz CT molecular complexity index is 407. The Morgan fingerprint density at radius 1 is 1.32 bits per heavy atom. The molecule has 1 saturated carbocycles. The number of rotatable bonds is 6. The van der Waals surface area contributed by atoms with Crippen molar-refractivity contribution in [2.75, 3.05) is 26.2 Å². The summed E-state index contributed by atoms with van der Waals surface area (Å²) in [6.07, 6.45) is 6.73. The van der Waals surface area contributed by atoms with Crippen LogP contribution in [0.4, 0.5) is 0 Å². The second kappa shape index (κ2) is 8.50. The van der Waals surface area contributed by atoms with Crippen molar-refractivity contribution in [1.82, 2.24) is 9.80 Å². The third kappa shape index (κ3) is 4.21. The Balaban J connectivity index is 1.92. The van der Waals surface area contributed by atoms with E-state index in [2.05, 4.69) is 11.0 Å². The van der Waals surface area contributed by atoms with Gasteiger partial charge in [0, 0.05) is 25.0 Å². The summed E-state index contributed by atoms with van der Waals surface area (Å²) in [5, 5.41) is 19.0. The molecule has 0 spiro atoms. The fourth-order valence-corrected chi connectivity index (χ4v) is 4.04. The Morgan fingerprint density at radius 3 is 2.77 bits per heavy atom. The first-order chi connectivity index (χ1) is 10.7. The Hall–Kier alpha value is -1.12. The molecule has 2 rings (SSSR count). The maximum absolute atomic E-state index is 12.5. The average molecular weight is 307 g/mol. The highest BCUT2D eigenvalue weighted by molar-refractivity contribution is 5.78. The molecular weight excluding hydrogens is 278 g/mol. The van der Waals surface area contributed by atoms with Gasteiger partial charge >= 0.3 is 0 Å². The second-order valence-corrected chi connectivity index (χ2v) is 6.58. The van der Waals surface area contributed by atoms with Crippen molar-refractivity contribution < 1.29 is 9.90 Å². The molecule has 2 aliphatic rings. The van der Waals surface area contributed by atoms with Crippen LogP contribution in [0, 0.1) is 17.2 Å². The first kappa shape index (κ1) is 17.2. The summed E-state index contributed by atoms with van der Waals surface area (Å²) in [7, 11) is 0. The number of likely N-dealkylation sites (N-methyl/N-ethyl adjacent to an activating group) is 1. The molecule has 1 aliphatic carbocycles. The van der Waals surface area contributed by atoms with Crippen molar-refractivity contribution >= 4 is 5.91 Å². The third-order valence-corrected chi connectivity index (χ3v) is 5.26. The summed E-state index contributed by atoms with van der Waals surface area (Å²) in [6.45, 7) is 4.53. The van der Waals surface area contributed by atoms with E-state index in [4.69, 9.17) is 5.26 Å². The average Bonchev–Trinajstić information content (AvgIpc) is 2.96. The van der Waals surface area contributed by atoms with Gasteiger partial charge in [0.25, 0.3) is 0 Å². The van der Waals surface area contributed by atoms with E-state index in [0.717, 1.165) is 38.6 Å². The van der Waals surface area contributed by atoms with E-state index in [9.17, 15) is 9.90 Å². The van der Waals surface area contributed by atoms with Gasteiger partial charge in [0.15, 0.2) is 0 Å². The molecule has 0 aromatic rings. The zero-order chi connectivity index (χ0) is 15.9. The monoisotopic (exact) mass is 307 g/mol. The Labute approximate surface area is 133 Å². The molecule has 0 unspecified atom stereocenters. The zero-order valence-electron chi connectivity index (χ0n) is 13.7. The van der Waals surface area contributed by atoms with Gasteiger partial charge in [0.2, 0.25) is 5.91 Å². The number of hydrogen-bond donors (Lipinski definition) is 1. The van der Waals surface area contributed by atoms with E-state index in [0.29, 0.717) is 38.0 Å². The molecule has 0 radical (unpaired) electrons. The predicted octanol–water partition coefficient (Wildman–Crippen LogP) is 1.76. The topological polar surface area (TPSA) is 67.6 Å². The van der Waals surface area contributed by atoms with Crippen LogP contribution in [-0.2, 0) is 4.79 Å². The number of likely N-dealkylation sites (tertiary alicyclic amines) is 1. The van der Waals surface area contributed by atoms with Gasteiger partial charge in [0.05, 0.1) is 25.1 Å². The SMILES string of the molecule is CCN(CCC#N)C(=O)CN1CCC[C@@H]1[C@@H]1CCCC[C@H]1O. The van der Waals surface area contributed by atoms with Crippen molar-refractivity contribution in [1.29, 1.82) is 5.26 Å². The van der Waals surface area contributed by atoms with Crippen LogP contribution in [0.25, 0.3) is 0 Å². The molecule has 0 aromatic carbocycles. The van der Waals surface area contributed by atoms with Crippen LogP contribution in [0.3, 0.4) is 0 Å². The number of amides is 1. The molecule has 0 aromatic heterocycles. The minimum absolute atomic E-state index is 0.120. The van der Waals surface area contributed by atoms with Crippen molar-refractivity contribution in [3.05, 3.63) is 0 Å². The second-order valence-electron chi connectivity index (χ2n) is 6.58. The third-order valence-electron chi connectivity index (χ3n) is 5.26. The van der Waals surface area contributed by atoms with Crippen LogP contribution < -0.4 is 0 Å². The van der Waals surface area contributed by atoms with Crippen LogP contribution in [0.1, 0.15) is 51.9 Å². The molecular formula is C17H29N3O2. The van der Waals surface area contributed by atoms with Gasteiger partial charge in [-0.15, -0.1) is 0 Å². The molecule has 1 amide bonds. The number of hydrogen-bond acceptors (Lipinski definition) is 4. The number of aliphatic hydroxyl groups is 1. The highest BCUT2D eigenvalue weighted by atomic mass is 16.3. The number of nitrogens with zero attached hydrogens (tertiary/aromatic N) is 3. The van der Waals surface area contributed by atoms with Crippen LogP contribution >= 0.6 is 0 Å². The van der Waals surface area contributed by atoms with Crippen molar-refractivity contribution in [3.63, 3.8) is 0 Å². The van der Waals surface area contributed by atoms with Crippen molar-refractivity contribution in [2.45, 2.75) is 64.0 Å². The molecule has 1 aliphatic heterocycles. The number of nitriles is 1. The van der Waals surface area contributed by atoms with Gasteiger partial charge in [-0.05, 0) is 39.2 Å². The van der Waals surface area contributed by atoms with E-state index in [-0.39, 0.29) is 12.0 Å². The maximum atomic E-state index is 12.5. The Kier molecular flexibility index (Phi) is 6.66. The van der Waals surface area contributed by atoms with Crippen LogP contribution in [0.15, 0.2) is 0 Å². The van der Waals surface area contributed by atoms with E-state index >= 15 is 0 Å². The predicted molar refractivity (Wildman–Crippen MR) is 85.0 cm³/mol. The largest absolute Gasteiger partial charge is 0.393 e. The van der Waals surface area contributed by atoms with Crippen LogP contribution in [0.2, 0.25) is 0 Å². The van der Waals surface area contributed by atoms with Crippen LogP contribution in [0.5, 0.6) is 0 Å². The van der Waals surface area contributed by atoms with Crippen molar-refractivity contribution in [2.24, 2.45) is 5.92 Å². The number of carbonyl (C=O) groups excluding carboxylic acids is 1. The van der Waals surface area contributed by atoms with Gasteiger partial charge in [-0.3, -0.25) is 9.69 Å². The molecule has 1 N–H and O–H groups in total. The summed E-state index contributed by atoms with van der Waals surface area (Å²) in [5.41, 5.74) is 0. The summed E-state index contributed by atoms with van der Waals surface area (Å²) in [6, 6.07) is 2.46. The van der Waals surface area contributed by atoms with Gasteiger partial charge in [-0.25, -0.2) is 0 Å². The fraction of sp³-hybridized carbons (Fsp3) is 0.882. The van der Waals surface area contributed by atoms with Gasteiger partial charge in [-0.2, -0.15) is 5.26 Å². The van der Waals surface area contributed by atoms with Crippen LogP contribution in [-0.4, -0.2) is 59.1 Å². The summed E-state index contributed by atoms with van der Waals surface area (Å²) >= 11 is 0. The summed E-state index contributed by atoms with van der Waals surface area (Å²) < 4.78 is 0. The fourth-order valence-electron chi connectivity index (χ4n) is 4.04. The first-order valence-electron chi connectivity index (χ1n) is 8.74. The lowest BCUT2D eigenvalue weighted by Crippen LogP contribution is -2.47. The highest BCUT2D eigenvalue weighted by Gasteiger charge is 2.37. The van der Waals surface area contributed by atoms with Gasteiger partial charge < -0.3 is 10.0 Å². The number of aliphatic hydroxyl groups excluding tert-OH is 1.